The van der Waals surface area contributed by atoms with Gasteiger partial charge in [-0.15, -0.1) is 5.10 Å². The number of rotatable bonds is 9. The van der Waals surface area contributed by atoms with Gasteiger partial charge >= 0.3 is 0 Å². The second-order valence-corrected chi connectivity index (χ2v) is 4.44. The van der Waals surface area contributed by atoms with Crippen molar-refractivity contribution in [3.8, 4) is 0 Å². The zero-order chi connectivity index (χ0) is 15.0. The van der Waals surface area contributed by atoms with E-state index in [4.69, 9.17) is 11.6 Å². The molecule has 2 amide bonds. The molecule has 9 heteroatoms. The van der Waals surface area contributed by atoms with E-state index in [1.165, 1.54) is 10.9 Å². The summed E-state index contributed by atoms with van der Waals surface area (Å²) in [6.07, 6.45) is 3.54. The van der Waals surface area contributed by atoms with Gasteiger partial charge in [-0.2, -0.15) is 0 Å². The highest BCUT2D eigenvalue weighted by molar-refractivity contribution is 5.91. The number of unbranched alkanes of at least 4 members (excludes halogenated alkanes) is 1. The summed E-state index contributed by atoms with van der Waals surface area (Å²) >= 11 is 0. The highest BCUT2D eigenvalue weighted by Gasteiger charge is 2.11. The van der Waals surface area contributed by atoms with Crippen molar-refractivity contribution in [1.82, 2.24) is 25.3 Å². The van der Waals surface area contributed by atoms with Gasteiger partial charge in [0.05, 0.1) is 19.3 Å². The van der Waals surface area contributed by atoms with Crippen LogP contribution in [-0.4, -0.2) is 51.3 Å². The van der Waals surface area contributed by atoms with E-state index in [2.05, 4.69) is 17.2 Å². The average molecular weight is 283 g/mol. The summed E-state index contributed by atoms with van der Waals surface area (Å²) in [7, 11) is 0. The summed E-state index contributed by atoms with van der Waals surface area (Å²) in [6.45, 7) is 4.21. The van der Waals surface area contributed by atoms with E-state index in [1.54, 1.807) is 0 Å². The second kappa shape index (κ2) is 8.23. The molecule has 1 heterocycles. The molecule has 0 aromatic carbocycles. The van der Waals surface area contributed by atoms with E-state index in [0.717, 1.165) is 19.4 Å². The van der Waals surface area contributed by atoms with E-state index in [-0.39, 0.29) is 18.1 Å². The summed E-state index contributed by atoms with van der Waals surface area (Å²) < 4.78 is 1.53. The number of carbonyl (C=O) groups excluding carboxylic acids is 2. The van der Waals surface area contributed by atoms with Crippen LogP contribution in [0.25, 0.3) is 0 Å². The Labute approximate surface area is 117 Å². The van der Waals surface area contributed by atoms with Gasteiger partial charge in [0, 0.05) is 6.54 Å². The van der Waals surface area contributed by atoms with Gasteiger partial charge in [0.25, 0.3) is 5.91 Å². The predicted octanol–water partition coefficient (Wildman–Crippen LogP) is -1.53. The number of nitrogen functional groups attached to an aromatic ring is 1. The number of aromatic nitrogens is 3. The molecule has 0 spiro atoms. The van der Waals surface area contributed by atoms with Gasteiger partial charge in [-0.1, -0.05) is 18.6 Å². The van der Waals surface area contributed by atoms with E-state index < -0.39 is 5.91 Å². The number of nitrogens with zero attached hydrogens (tertiary/aromatic N) is 4. The lowest BCUT2D eigenvalue weighted by Gasteiger charge is -2.19. The van der Waals surface area contributed by atoms with Gasteiger partial charge in [-0.3, -0.25) is 24.6 Å². The van der Waals surface area contributed by atoms with Crippen LogP contribution in [0.4, 0.5) is 0 Å². The number of hydrazine groups is 1. The molecule has 0 aliphatic rings. The maximum Gasteiger partial charge on any atom is 0.287 e. The van der Waals surface area contributed by atoms with Crippen molar-refractivity contribution in [2.24, 2.45) is 11.6 Å². The molecule has 0 unspecified atom stereocenters. The summed E-state index contributed by atoms with van der Waals surface area (Å²) in [5.74, 6) is 4.16. The number of hydrogen-bond acceptors (Lipinski definition) is 6. The van der Waals surface area contributed by atoms with Crippen LogP contribution in [0.5, 0.6) is 0 Å². The van der Waals surface area contributed by atoms with E-state index in [0.29, 0.717) is 13.1 Å². The molecule has 0 saturated heterocycles. The molecule has 0 atom stereocenters. The van der Waals surface area contributed by atoms with Crippen LogP contribution in [0.2, 0.25) is 0 Å². The Morgan fingerprint density at radius 1 is 1.45 bits per heavy atom. The molecule has 0 aliphatic heterocycles. The van der Waals surface area contributed by atoms with Crippen molar-refractivity contribution in [3.05, 3.63) is 11.9 Å². The molecule has 0 saturated carbocycles. The van der Waals surface area contributed by atoms with Crippen LogP contribution >= 0.6 is 0 Å². The van der Waals surface area contributed by atoms with Gasteiger partial charge in [-0.05, 0) is 13.0 Å². The number of carbonyl (C=O) groups is 2. The number of nitrogens with one attached hydrogen (secondary N) is 1. The third kappa shape index (κ3) is 5.33. The third-order valence-corrected chi connectivity index (χ3v) is 2.76. The molecule has 1 aromatic heterocycles. The largest absolute Gasteiger partial charge is 0.369 e. The molecular weight excluding hydrogens is 262 g/mol. The van der Waals surface area contributed by atoms with Crippen LogP contribution in [0, 0.1) is 0 Å². The first kappa shape index (κ1) is 16.1. The number of amides is 2. The van der Waals surface area contributed by atoms with E-state index >= 15 is 0 Å². The molecule has 5 N–H and O–H groups in total. The van der Waals surface area contributed by atoms with Gasteiger partial charge in [0.15, 0.2) is 5.69 Å². The maximum atomic E-state index is 11.2. The monoisotopic (exact) mass is 283 g/mol. The van der Waals surface area contributed by atoms with Crippen LogP contribution in [0.3, 0.4) is 0 Å². The molecule has 1 rings (SSSR count). The first-order chi connectivity index (χ1) is 9.56. The summed E-state index contributed by atoms with van der Waals surface area (Å²) in [5.41, 5.74) is 7.36. The number of hydrogen-bond donors (Lipinski definition) is 3. The molecular formula is C11H21N7O2. The Balaban J connectivity index is 2.51. The second-order valence-electron chi connectivity index (χ2n) is 4.44. The average Bonchev–Trinajstić information content (AvgIpc) is 2.89. The molecule has 0 bridgehead atoms. The first-order valence-corrected chi connectivity index (χ1v) is 6.48. The minimum Gasteiger partial charge on any atom is -0.369 e. The fraction of sp³-hybridized carbons (Fsp3) is 0.636. The van der Waals surface area contributed by atoms with Gasteiger partial charge in [-0.25, -0.2) is 5.84 Å². The zero-order valence-corrected chi connectivity index (χ0v) is 11.6. The van der Waals surface area contributed by atoms with Crippen LogP contribution in [0.15, 0.2) is 6.20 Å². The minimum atomic E-state index is -0.490. The SMILES string of the molecule is CCCCN(CCn1cc(C(=O)NN)nn1)CC(N)=O. The first-order valence-electron chi connectivity index (χ1n) is 6.48. The maximum absolute atomic E-state index is 11.2. The smallest absolute Gasteiger partial charge is 0.287 e. The third-order valence-electron chi connectivity index (χ3n) is 2.76. The molecule has 0 radical (unpaired) electrons. The fourth-order valence-electron chi connectivity index (χ4n) is 1.70. The van der Waals surface area contributed by atoms with Crippen molar-refractivity contribution < 1.29 is 9.59 Å². The lowest BCUT2D eigenvalue weighted by molar-refractivity contribution is -0.119. The highest BCUT2D eigenvalue weighted by Crippen LogP contribution is 1.97. The summed E-state index contributed by atoms with van der Waals surface area (Å²) in [5, 5.41) is 7.52. The predicted molar refractivity (Wildman–Crippen MR) is 72.2 cm³/mol. The van der Waals surface area contributed by atoms with Crippen molar-refractivity contribution in [1.29, 1.82) is 0 Å². The van der Waals surface area contributed by atoms with Crippen molar-refractivity contribution in [2.75, 3.05) is 19.6 Å². The molecule has 0 fully saturated rings. The van der Waals surface area contributed by atoms with Crippen LogP contribution < -0.4 is 17.0 Å². The van der Waals surface area contributed by atoms with E-state index in [1.807, 2.05) is 10.3 Å². The fourth-order valence-corrected chi connectivity index (χ4v) is 1.70. The van der Waals surface area contributed by atoms with Crippen molar-refractivity contribution >= 4 is 11.8 Å². The number of nitrogens with two attached hydrogens (primary N) is 2. The van der Waals surface area contributed by atoms with Crippen LogP contribution in [-0.2, 0) is 11.3 Å². The summed E-state index contributed by atoms with van der Waals surface area (Å²) in [6, 6.07) is 0. The standard InChI is InChI=1S/C11H21N7O2/c1-2-3-4-17(8-10(12)19)5-6-18-7-9(15-16-18)11(20)14-13/h7H,2-6,8,13H2,1H3,(H2,12,19)(H,14,20). The Kier molecular flexibility index (Phi) is 6.60. The lowest BCUT2D eigenvalue weighted by atomic mass is 10.3. The molecule has 20 heavy (non-hydrogen) atoms. The Bertz CT molecular complexity index is 446. The van der Waals surface area contributed by atoms with Gasteiger partial charge < -0.3 is 5.73 Å². The molecule has 1 aromatic rings. The molecule has 0 aliphatic carbocycles. The van der Waals surface area contributed by atoms with Crippen molar-refractivity contribution in [2.45, 2.75) is 26.3 Å². The minimum absolute atomic E-state index is 0.155. The Hall–Kier alpha value is -2.00. The topological polar surface area (TPSA) is 132 Å². The zero-order valence-electron chi connectivity index (χ0n) is 11.6. The van der Waals surface area contributed by atoms with E-state index in [9.17, 15) is 9.59 Å². The Morgan fingerprint density at radius 3 is 2.80 bits per heavy atom. The molecule has 9 nitrogen and oxygen atoms in total. The van der Waals surface area contributed by atoms with Gasteiger partial charge in [0.1, 0.15) is 0 Å². The van der Waals surface area contributed by atoms with Gasteiger partial charge in [0.2, 0.25) is 5.91 Å². The van der Waals surface area contributed by atoms with Crippen molar-refractivity contribution in [3.63, 3.8) is 0 Å². The highest BCUT2D eigenvalue weighted by atomic mass is 16.2. The van der Waals surface area contributed by atoms with Crippen LogP contribution in [0.1, 0.15) is 30.3 Å². The quantitative estimate of drug-likeness (QED) is 0.286. The Morgan fingerprint density at radius 2 is 2.20 bits per heavy atom. The molecule has 112 valence electrons. The number of primary amides is 1. The normalized spacial score (nSPS) is 10.8. The lowest BCUT2D eigenvalue weighted by Crippen LogP contribution is -2.36. The summed E-state index contributed by atoms with van der Waals surface area (Å²) in [4.78, 5) is 24.2.